The van der Waals surface area contributed by atoms with E-state index in [0.29, 0.717) is 44.3 Å². The number of carbonyl (C=O) groups excluding carboxylic acids is 1. The molecular formula is C26H25BrN2O5S. The molecule has 0 radical (unpaired) electrons. The van der Waals surface area contributed by atoms with E-state index in [1.807, 2.05) is 49.4 Å². The summed E-state index contributed by atoms with van der Waals surface area (Å²) in [6.45, 7) is 5.95. The predicted octanol–water partition coefficient (Wildman–Crippen LogP) is 3.97. The number of hydrogen-bond acceptors (Lipinski definition) is 7. The van der Waals surface area contributed by atoms with Gasteiger partial charge in [-0.05, 0) is 50.6 Å². The van der Waals surface area contributed by atoms with E-state index in [-0.39, 0.29) is 12.2 Å². The summed E-state index contributed by atoms with van der Waals surface area (Å²) >= 11 is 4.75. The van der Waals surface area contributed by atoms with Crippen molar-refractivity contribution in [3.05, 3.63) is 89.0 Å². The van der Waals surface area contributed by atoms with E-state index in [9.17, 15) is 9.59 Å². The summed E-state index contributed by atoms with van der Waals surface area (Å²) in [5, 5.41) is 0. The first-order chi connectivity index (χ1) is 16.9. The molecule has 35 heavy (non-hydrogen) atoms. The van der Waals surface area contributed by atoms with Crippen LogP contribution >= 0.6 is 27.3 Å². The Bertz CT molecular complexity index is 1490. The maximum atomic E-state index is 13.8. The molecule has 182 valence electrons. The maximum Gasteiger partial charge on any atom is 0.338 e. The number of para-hydroxylation sites is 1. The van der Waals surface area contributed by atoms with E-state index in [0.717, 1.165) is 10.0 Å². The summed E-state index contributed by atoms with van der Waals surface area (Å²) in [6.07, 6.45) is 1.82. The molecule has 1 aliphatic heterocycles. The zero-order chi connectivity index (χ0) is 25.1. The van der Waals surface area contributed by atoms with Gasteiger partial charge in [0, 0.05) is 10.0 Å². The number of benzene rings is 2. The number of ether oxygens (including phenoxy) is 3. The highest BCUT2D eigenvalue weighted by Crippen LogP contribution is 2.40. The van der Waals surface area contributed by atoms with Crippen molar-refractivity contribution in [2.75, 3.05) is 20.3 Å². The molecular weight excluding hydrogens is 532 g/mol. The largest absolute Gasteiger partial charge is 0.493 e. The summed E-state index contributed by atoms with van der Waals surface area (Å²) in [4.78, 5) is 32.0. The zero-order valence-corrected chi connectivity index (χ0v) is 22.2. The Kier molecular flexibility index (Phi) is 7.57. The number of halogens is 1. The Morgan fingerprint density at radius 3 is 2.66 bits per heavy atom. The predicted molar refractivity (Wildman–Crippen MR) is 139 cm³/mol. The monoisotopic (exact) mass is 556 g/mol. The van der Waals surface area contributed by atoms with Gasteiger partial charge in [-0.1, -0.05) is 51.5 Å². The van der Waals surface area contributed by atoms with Crippen molar-refractivity contribution < 1.29 is 19.0 Å². The molecule has 0 fully saturated rings. The van der Waals surface area contributed by atoms with Gasteiger partial charge in [-0.25, -0.2) is 9.79 Å². The van der Waals surface area contributed by atoms with Crippen LogP contribution in [0, 0.1) is 0 Å². The number of aromatic nitrogens is 1. The number of thiazole rings is 1. The minimum atomic E-state index is -0.786. The van der Waals surface area contributed by atoms with Crippen molar-refractivity contribution in [1.82, 2.24) is 4.57 Å². The number of esters is 1. The first kappa shape index (κ1) is 24.9. The van der Waals surface area contributed by atoms with E-state index in [2.05, 4.69) is 20.9 Å². The molecule has 0 amide bonds. The van der Waals surface area contributed by atoms with Crippen LogP contribution in [0.1, 0.15) is 37.9 Å². The summed E-state index contributed by atoms with van der Waals surface area (Å²) in [5.74, 6) is 0.462. The Morgan fingerprint density at radius 1 is 1.20 bits per heavy atom. The Labute approximate surface area is 215 Å². The van der Waals surface area contributed by atoms with Crippen molar-refractivity contribution >= 4 is 39.3 Å². The Morgan fingerprint density at radius 2 is 1.97 bits per heavy atom. The molecule has 0 spiro atoms. The van der Waals surface area contributed by atoms with Gasteiger partial charge in [-0.15, -0.1) is 0 Å². The minimum Gasteiger partial charge on any atom is -0.493 e. The molecule has 2 aromatic carbocycles. The molecule has 0 bridgehead atoms. The molecule has 0 saturated heterocycles. The molecule has 4 rings (SSSR count). The van der Waals surface area contributed by atoms with E-state index in [1.165, 1.54) is 11.3 Å². The van der Waals surface area contributed by atoms with Crippen molar-refractivity contribution in [1.29, 1.82) is 0 Å². The number of methoxy groups -OCH3 is 1. The van der Waals surface area contributed by atoms with Crippen LogP contribution in [-0.4, -0.2) is 30.9 Å². The average Bonchev–Trinajstić information content (AvgIpc) is 3.13. The molecule has 1 aliphatic rings. The summed E-state index contributed by atoms with van der Waals surface area (Å²) in [5.41, 5.74) is 2.03. The second-order valence-corrected chi connectivity index (χ2v) is 9.59. The lowest BCUT2D eigenvalue weighted by molar-refractivity contribution is -0.139. The molecule has 9 heteroatoms. The van der Waals surface area contributed by atoms with Gasteiger partial charge in [0.2, 0.25) is 0 Å². The third-order valence-corrected chi connectivity index (χ3v) is 6.95. The van der Waals surface area contributed by atoms with Crippen LogP contribution in [0.3, 0.4) is 0 Å². The zero-order valence-electron chi connectivity index (χ0n) is 19.8. The number of allylic oxidation sites excluding steroid dienone is 1. The number of carbonyl (C=O) groups is 1. The molecule has 0 saturated carbocycles. The molecule has 0 unspecified atom stereocenters. The Balaban J connectivity index is 2.02. The van der Waals surface area contributed by atoms with Crippen LogP contribution in [0.15, 0.2) is 68.0 Å². The highest BCUT2D eigenvalue weighted by molar-refractivity contribution is 9.10. The van der Waals surface area contributed by atoms with Gasteiger partial charge < -0.3 is 14.2 Å². The molecule has 0 N–H and O–H groups in total. The van der Waals surface area contributed by atoms with E-state index >= 15 is 0 Å². The van der Waals surface area contributed by atoms with Crippen molar-refractivity contribution in [3.63, 3.8) is 0 Å². The standard InChI is InChI=1S/C26H25BrN2O5S/c1-5-33-23-18(11-8-12-19(23)32-4)22-21(25(31)34-6-2)15(3)28-26-29(22)24(30)20(35-26)14-16-9-7-10-17(27)13-16/h7-14,22H,5-6H2,1-4H3/b20-14+/t22-/m0/s1. The van der Waals surface area contributed by atoms with Crippen LogP contribution < -0.4 is 24.4 Å². The van der Waals surface area contributed by atoms with Gasteiger partial charge in [-0.2, -0.15) is 0 Å². The summed E-state index contributed by atoms with van der Waals surface area (Å²) in [6, 6.07) is 12.3. The SMILES string of the molecule is CCOC(=O)C1=C(C)N=c2s/c(=C/c3cccc(Br)c3)c(=O)n2[C@H]1c1cccc(OC)c1OCC. The second kappa shape index (κ2) is 10.6. The fraction of sp³-hybridized carbons (Fsp3) is 0.269. The minimum absolute atomic E-state index is 0.200. The molecule has 1 atom stereocenters. The van der Waals surface area contributed by atoms with Crippen LogP contribution in [0.25, 0.3) is 6.08 Å². The first-order valence-electron chi connectivity index (χ1n) is 11.1. The van der Waals surface area contributed by atoms with Gasteiger partial charge in [-0.3, -0.25) is 9.36 Å². The molecule has 2 heterocycles. The fourth-order valence-electron chi connectivity index (χ4n) is 4.04. The average molecular weight is 557 g/mol. The Hall–Kier alpha value is -3.17. The van der Waals surface area contributed by atoms with Crippen LogP contribution in [0.2, 0.25) is 0 Å². The van der Waals surface area contributed by atoms with Gasteiger partial charge in [0.15, 0.2) is 16.3 Å². The third-order valence-electron chi connectivity index (χ3n) is 5.48. The van der Waals surface area contributed by atoms with Crippen molar-refractivity contribution in [3.8, 4) is 11.5 Å². The molecule has 1 aromatic heterocycles. The number of hydrogen-bond donors (Lipinski definition) is 0. The van der Waals surface area contributed by atoms with E-state index in [4.69, 9.17) is 14.2 Å². The fourth-order valence-corrected chi connectivity index (χ4v) is 5.50. The first-order valence-corrected chi connectivity index (χ1v) is 12.7. The smallest absolute Gasteiger partial charge is 0.338 e. The van der Waals surface area contributed by atoms with Crippen LogP contribution in [0.5, 0.6) is 11.5 Å². The number of nitrogens with zero attached hydrogens (tertiary/aromatic N) is 2. The maximum absolute atomic E-state index is 13.8. The lowest BCUT2D eigenvalue weighted by Gasteiger charge is -2.26. The number of rotatable bonds is 7. The van der Waals surface area contributed by atoms with Crippen LogP contribution in [0.4, 0.5) is 0 Å². The van der Waals surface area contributed by atoms with Crippen molar-refractivity contribution in [2.45, 2.75) is 26.8 Å². The number of fused-ring (bicyclic) bond motifs is 1. The topological polar surface area (TPSA) is 79.1 Å². The van der Waals surface area contributed by atoms with Gasteiger partial charge in [0.25, 0.3) is 5.56 Å². The third kappa shape index (κ3) is 4.83. The summed E-state index contributed by atoms with van der Waals surface area (Å²) < 4.78 is 19.8. The second-order valence-electron chi connectivity index (χ2n) is 7.67. The van der Waals surface area contributed by atoms with E-state index < -0.39 is 12.0 Å². The molecule has 7 nitrogen and oxygen atoms in total. The van der Waals surface area contributed by atoms with E-state index in [1.54, 1.807) is 31.6 Å². The lowest BCUT2D eigenvalue weighted by Crippen LogP contribution is -2.40. The lowest BCUT2D eigenvalue weighted by atomic mass is 9.94. The quantitative estimate of drug-likeness (QED) is 0.411. The normalized spacial score (nSPS) is 15.5. The van der Waals surface area contributed by atoms with Gasteiger partial charge >= 0.3 is 5.97 Å². The molecule has 3 aromatic rings. The van der Waals surface area contributed by atoms with Gasteiger partial charge in [0.1, 0.15) is 6.04 Å². The molecule has 0 aliphatic carbocycles. The van der Waals surface area contributed by atoms with Gasteiger partial charge in [0.05, 0.1) is 36.1 Å². The highest BCUT2D eigenvalue weighted by atomic mass is 79.9. The van der Waals surface area contributed by atoms with Crippen LogP contribution in [-0.2, 0) is 9.53 Å². The summed E-state index contributed by atoms with van der Waals surface area (Å²) in [7, 11) is 1.55. The highest BCUT2D eigenvalue weighted by Gasteiger charge is 2.35. The van der Waals surface area contributed by atoms with Crippen molar-refractivity contribution in [2.24, 2.45) is 4.99 Å².